The number of pyridine rings is 1. The molecule has 0 atom stereocenters. The molecule has 0 radical (unpaired) electrons. The molecule has 1 N–H and O–H groups in total. The molecular weight excluding hydrogens is 336 g/mol. The molecule has 0 saturated heterocycles. The molecule has 1 heterocycles. The fourth-order valence-electron chi connectivity index (χ4n) is 2.96. The third-order valence-electron chi connectivity index (χ3n) is 4.34. The van der Waals surface area contributed by atoms with Crippen LogP contribution in [0.4, 0.5) is 5.82 Å². The molecule has 0 unspecified atom stereocenters. The summed E-state index contributed by atoms with van der Waals surface area (Å²) in [5.41, 5.74) is 6.39. The number of rotatable bonds is 6. The van der Waals surface area contributed by atoms with Crippen LogP contribution in [-0.4, -0.2) is 36.5 Å². The van der Waals surface area contributed by atoms with Crippen LogP contribution in [0.2, 0.25) is 0 Å². The fourth-order valence-corrected chi connectivity index (χ4v) is 4.36. The van der Waals surface area contributed by atoms with Crippen molar-refractivity contribution in [2.24, 2.45) is 5.10 Å². The zero-order valence-electron chi connectivity index (χ0n) is 14.4. The summed E-state index contributed by atoms with van der Waals surface area (Å²) in [6.07, 6.45) is 3.25. The monoisotopic (exact) mass is 358 g/mol. The molecule has 0 bridgehead atoms. The molecule has 25 heavy (non-hydrogen) atoms. The Hall–Kier alpha value is -2.25. The highest BCUT2D eigenvalue weighted by Gasteiger charge is 2.22. The van der Waals surface area contributed by atoms with E-state index in [4.69, 9.17) is 0 Å². The van der Waals surface area contributed by atoms with Crippen molar-refractivity contribution in [1.29, 1.82) is 0 Å². The van der Waals surface area contributed by atoms with Gasteiger partial charge in [0.25, 0.3) is 0 Å². The van der Waals surface area contributed by atoms with Gasteiger partial charge in [-0.05, 0) is 30.5 Å². The van der Waals surface area contributed by atoms with Gasteiger partial charge in [0.2, 0.25) is 10.0 Å². The second-order valence-electron chi connectivity index (χ2n) is 5.80. The van der Waals surface area contributed by atoms with Gasteiger partial charge < -0.3 is 0 Å². The first-order chi connectivity index (χ1) is 12.1. The van der Waals surface area contributed by atoms with E-state index >= 15 is 0 Å². The Balaban J connectivity index is 1.75. The molecule has 132 valence electrons. The minimum atomic E-state index is -3.48. The Morgan fingerprint density at radius 3 is 2.56 bits per heavy atom. The van der Waals surface area contributed by atoms with E-state index in [-0.39, 0.29) is 4.90 Å². The number of sulfonamides is 1. The van der Waals surface area contributed by atoms with Gasteiger partial charge >= 0.3 is 0 Å². The minimum Gasteiger partial charge on any atom is -0.261 e. The highest BCUT2D eigenvalue weighted by Crippen LogP contribution is 2.22. The number of hydrogen-bond donors (Lipinski definition) is 1. The van der Waals surface area contributed by atoms with E-state index in [1.54, 1.807) is 12.1 Å². The number of nitrogens with zero attached hydrogens (tertiary/aromatic N) is 3. The Labute approximate surface area is 148 Å². The highest BCUT2D eigenvalue weighted by atomic mass is 32.2. The largest absolute Gasteiger partial charge is 0.261 e. The van der Waals surface area contributed by atoms with Crippen LogP contribution >= 0.6 is 0 Å². The number of aryl methyl sites for hydroxylation is 1. The maximum atomic E-state index is 12.4. The van der Waals surface area contributed by atoms with Crippen molar-refractivity contribution < 1.29 is 8.42 Å². The lowest BCUT2D eigenvalue weighted by atomic mass is 10.1. The van der Waals surface area contributed by atoms with Gasteiger partial charge in [-0.1, -0.05) is 38.1 Å². The Morgan fingerprint density at radius 2 is 1.88 bits per heavy atom. The van der Waals surface area contributed by atoms with Crippen molar-refractivity contribution in [3.8, 4) is 0 Å². The lowest BCUT2D eigenvalue weighted by molar-refractivity contribution is 0.445. The number of nitrogens with one attached hydrogen (secondary N) is 1. The summed E-state index contributed by atoms with van der Waals surface area (Å²) < 4.78 is 26.3. The van der Waals surface area contributed by atoms with Gasteiger partial charge in [0.15, 0.2) is 0 Å². The Morgan fingerprint density at radius 1 is 1.12 bits per heavy atom. The molecule has 0 saturated carbocycles. The second-order valence-corrected chi connectivity index (χ2v) is 7.73. The maximum absolute atomic E-state index is 12.4. The molecule has 1 aromatic heterocycles. The molecule has 1 aliphatic rings. The summed E-state index contributed by atoms with van der Waals surface area (Å²) in [6.45, 7) is 4.51. The highest BCUT2D eigenvalue weighted by molar-refractivity contribution is 7.89. The Bertz CT molecular complexity index is 872. The predicted molar refractivity (Wildman–Crippen MR) is 99.3 cm³/mol. The lowest BCUT2D eigenvalue weighted by Crippen LogP contribution is -2.30. The second kappa shape index (κ2) is 7.33. The predicted octanol–water partition coefficient (Wildman–Crippen LogP) is 2.87. The average Bonchev–Trinajstić information content (AvgIpc) is 3.04. The van der Waals surface area contributed by atoms with Crippen molar-refractivity contribution in [3.63, 3.8) is 0 Å². The fraction of sp³-hybridized carbons (Fsp3) is 0.333. The summed E-state index contributed by atoms with van der Waals surface area (Å²) in [5.74, 6) is 0.523. The molecule has 0 fully saturated rings. The quantitative estimate of drug-likeness (QED) is 0.806. The number of aromatic nitrogens is 1. The molecule has 0 aliphatic heterocycles. The summed E-state index contributed by atoms with van der Waals surface area (Å²) in [5, 5.41) is 4.44. The number of hydrazone groups is 1. The SMILES string of the molecule is CCN(CC)S(=O)(=O)c1ccc(NN=C2CCc3ccccc32)nc1. The average molecular weight is 358 g/mol. The molecule has 7 heteroatoms. The van der Waals surface area contributed by atoms with Crippen LogP contribution in [0.1, 0.15) is 31.4 Å². The van der Waals surface area contributed by atoms with E-state index in [0.29, 0.717) is 18.9 Å². The van der Waals surface area contributed by atoms with E-state index in [1.807, 2.05) is 26.0 Å². The van der Waals surface area contributed by atoms with E-state index in [1.165, 1.54) is 16.1 Å². The van der Waals surface area contributed by atoms with Gasteiger partial charge in [-0.2, -0.15) is 9.41 Å². The van der Waals surface area contributed by atoms with Crippen molar-refractivity contribution in [1.82, 2.24) is 9.29 Å². The Kier molecular flexibility index (Phi) is 5.15. The zero-order valence-corrected chi connectivity index (χ0v) is 15.3. The third kappa shape index (κ3) is 3.57. The maximum Gasteiger partial charge on any atom is 0.244 e. The van der Waals surface area contributed by atoms with Crippen molar-refractivity contribution in [2.75, 3.05) is 18.5 Å². The van der Waals surface area contributed by atoms with Gasteiger partial charge in [-0.25, -0.2) is 13.4 Å². The van der Waals surface area contributed by atoms with Gasteiger partial charge in [-0.15, -0.1) is 0 Å². The smallest absolute Gasteiger partial charge is 0.244 e. The van der Waals surface area contributed by atoms with E-state index in [2.05, 4.69) is 27.6 Å². The minimum absolute atomic E-state index is 0.195. The van der Waals surface area contributed by atoms with Crippen LogP contribution in [-0.2, 0) is 16.4 Å². The van der Waals surface area contributed by atoms with Gasteiger partial charge in [-0.3, -0.25) is 5.43 Å². The van der Waals surface area contributed by atoms with Crippen LogP contribution < -0.4 is 5.43 Å². The van der Waals surface area contributed by atoms with Crippen molar-refractivity contribution in [3.05, 3.63) is 53.7 Å². The first-order valence-electron chi connectivity index (χ1n) is 8.43. The first-order valence-corrected chi connectivity index (χ1v) is 9.87. The van der Waals surface area contributed by atoms with E-state index in [0.717, 1.165) is 24.1 Å². The van der Waals surface area contributed by atoms with Crippen LogP contribution in [0, 0.1) is 0 Å². The first kappa shape index (κ1) is 17.6. The van der Waals surface area contributed by atoms with Gasteiger partial charge in [0.1, 0.15) is 10.7 Å². The number of benzene rings is 1. The summed E-state index contributed by atoms with van der Waals surface area (Å²) >= 11 is 0. The summed E-state index contributed by atoms with van der Waals surface area (Å²) in [6, 6.07) is 11.4. The zero-order chi connectivity index (χ0) is 17.9. The molecule has 0 amide bonds. The topological polar surface area (TPSA) is 74.7 Å². The third-order valence-corrected chi connectivity index (χ3v) is 6.38. The molecule has 2 aromatic rings. The molecule has 6 nitrogen and oxygen atoms in total. The summed E-state index contributed by atoms with van der Waals surface area (Å²) in [7, 11) is -3.48. The molecule has 0 spiro atoms. The number of anilines is 1. The normalized spacial score (nSPS) is 15.6. The van der Waals surface area contributed by atoms with Crippen molar-refractivity contribution in [2.45, 2.75) is 31.6 Å². The lowest BCUT2D eigenvalue weighted by Gasteiger charge is -2.18. The standard InChI is InChI=1S/C18H22N4O2S/c1-3-22(4-2)25(23,24)15-10-12-18(19-13-15)21-20-17-11-9-14-7-5-6-8-16(14)17/h5-8,10,12-13H,3-4,9,11H2,1-2H3,(H,19,21). The van der Waals surface area contributed by atoms with E-state index < -0.39 is 10.0 Å². The van der Waals surface area contributed by atoms with Crippen LogP contribution in [0.5, 0.6) is 0 Å². The molecular formula is C18H22N4O2S. The van der Waals surface area contributed by atoms with Gasteiger partial charge in [0, 0.05) is 24.8 Å². The summed E-state index contributed by atoms with van der Waals surface area (Å²) in [4.78, 5) is 4.38. The number of fused-ring (bicyclic) bond motifs is 1. The molecule has 3 rings (SSSR count). The van der Waals surface area contributed by atoms with Gasteiger partial charge in [0.05, 0.1) is 5.71 Å². The van der Waals surface area contributed by atoms with Crippen LogP contribution in [0.3, 0.4) is 0 Å². The van der Waals surface area contributed by atoms with E-state index in [9.17, 15) is 8.42 Å². The number of hydrogen-bond acceptors (Lipinski definition) is 5. The molecule has 1 aromatic carbocycles. The molecule has 1 aliphatic carbocycles. The van der Waals surface area contributed by atoms with Crippen LogP contribution in [0.25, 0.3) is 0 Å². The van der Waals surface area contributed by atoms with Crippen LogP contribution in [0.15, 0.2) is 52.6 Å². The van der Waals surface area contributed by atoms with Crippen molar-refractivity contribution >= 4 is 21.6 Å².